The van der Waals surface area contributed by atoms with Crippen LogP contribution in [-0.2, 0) is 9.53 Å². The third-order valence-electron chi connectivity index (χ3n) is 2.13. The summed E-state index contributed by atoms with van der Waals surface area (Å²) in [4.78, 5) is 24.5. The molecule has 1 fully saturated rings. The molecule has 1 aliphatic rings. The molecule has 1 heterocycles. The highest BCUT2D eigenvalue weighted by molar-refractivity contribution is 5.86. The number of ether oxygens (including phenoxy) is 1. The fourth-order valence-corrected chi connectivity index (χ4v) is 1.35. The summed E-state index contributed by atoms with van der Waals surface area (Å²) in [5, 5.41) is 2.69. The summed E-state index contributed by atoms with van der Waals surface area (Å²) < 4.78 is 5.20. The lowest BCUT2D eigenvalue weighted by Crippen LogP contribution is -2.56. The molecular formula is C10H18N2O3. The van der Waals surface area contributed by atoms with E-state index >= 15 is 0 Å². The first-order chi connectivity index (χ1) is 6.81. The maximum Gasteiger partial charge on any atom is 0.411 e. The molecule has 2 amide bonds. The molecule has 0 aliphatic carbocycles. The summed E-state index contributed by atoms with van der Waals surface area (Å²) in [6.07, 6.45) is -0.426. The van der Waals surface area contributed by atoms with Gasteiger partial charge in [-0.15, -0.1) is 0 Å². The summed E-state index contributed by atoms with van der Waals surface area (Å²) in [6.45, 7) is 8.10. The Morgan fingerprint density at radius 2 is 2.13 bits per heavy atom. The molecule has 1 saturated heterocycles. The van der Waals surface area contributed by atoms with Crippen LogP contribution in [0, 0.1) is 0 Å². The van der Waals surface area contributed by atoms with Crippen molar-refractivity contribution in [3.05, 3.63) is 0 Å². The van der Waals surface area contributed by atoms with E-state index in [0.29, 0.717) is 13.1 Å². The fourth-order valence-electron chi connectivity index (χ4n) is 1.35. The molecule has 0 aromatic heterocycles. The van der Waals surface area contributed by atoms with E-state index in [-0.39, 0.29) is 5.91 Å². The summed E-state index contributed by atoms with van der Waals surface area (Å²) in [5.74, 6) is -0.132. The predicted octanol–water partition coefficient (Wildman–Crippen LogP) is 0.742. The number of nitrogens with one attached hydrogen (secondary N) is 1. The SMILES string of the molecule is CC1C(=O)NCCN1C(=O)OC(C)(C)C. The zero-order chi connectivity index (χ0) is 11.6. The maximum atomic E-state index is 11.7. The highest BCUT2D eigenvalue weighted by Crippen LogP contribution is 2.13. The number of piperazine rings is 1. The molecule has 1 unspecified atom stereocenters. The van der Waals surface area contributed by atoms with Gasteiger partial charge < -0.3 is 10.1 Å². The average molecular weight is 214 g/mol. The van der Waals surface area contributed by atoms with Gasteiger partial charge in [0.1, 0.15) is 11.6 Å². The number of carbonyl (C=O) groups excluding carboxylic acids is 2. The van der Waals surface area contributed by atoms with Gasteiger partial charge in [0, 0.05) is 13.1 Å². The molecule has 15 heavy (non-hydrogen) atoms. The molecule has 1 N–H and O–H groups in total. The van der Waals surface area contributed by atoms with Gasteiger partial charge in [0.05, 0.1) is 0 Å². The van der Waals surface area contributed by atoms with Gasteiger partial charge in [-0.1, -0.05) is 0 Å². The lowest BCUT2D eigenvalue weighted by Gasteiger charge is -2.34. The standard InChI is InChI=1S/C10H18N2O3/c1-7-8(13)11-5-6-12(7)9(14)15-10(2,3)4/h7H,5-6H2,1-4H3,(H,11,13). The Morgan fingerprint density at radius 3 is 2.67 bits per heavy atom. The third kappa shape index (κ3) is 3.11. The van der Waals surface area contributed by atoms with E-state index in [4.69, 9.17) is 4.74 Å². The molecule has 0 aromatic rings. The van der Waals surface area contributed by atoms with E-state index in [1.807, 2.05) is 0 Å². The van der Waals surface area contributed by atoms with Crippen molar-refractivity contribution >= 4 is 12.0 Å². The minimum absolute atomic E-state index is 0.132. The minimum atomic E-state index is -0.523. The van der Waals surface area contributed by atoms with E-state index in [1.165, 1.54) is 4.90 Å². The van der Waals surface area contributed by atoms with Crippen LogP contribution >= 0.6 is 0 Å². The van der Waals surface area contributed by atoms with Crippen LogP contribution in [0.2, 0.25) is 0 Å². The first-order valence-corrected chi connectivity index (χ1v) is 5.08. The monoisotopic (exact) mass is 214 g/mol. The van der Waals surface area contributed by atoms with Gasteiger partial charge in [0.15, 0.2) is 0 Å². The van der Waals surface area contributed by atoms with Crippen LogP contribution in [-0.4, -0.2) is 41.6 Å². The molecular weight excluding hydrogens is 196 g/mol. The smallest absolute Gasteiger partial charge is 0.411 e. The first kappa shape index (κ1) is 11.8. The van der Waals surface area contributed by atoms with Crippen molar-refractivity contribution in [3.8, 4) is 0 Å². The van der Waals surface area contributed by atoms with Crippen LogP contribution in [0.3, 0.4) is 0 Å². The minimum Gasteiger partial charge on any atom is -0.444 e. The molecule has 0 radical (unpaired) electrons. The molecule has 0 spiro atoms. The molecule has 1 aliphatic heterocycles. The number of rotatable bonds is 0. The lowest BCUT2D eigenvalue weighted by atomic mass is 10.2. The molecule has 0 aromatic carbocycles. The number of nitrogens with zero attached hydrogens (tertiary/aromatic N) is 1. The Hall–Kier alpha value is -1.26. The zero-order valence-corrected chi connectivity index (χ0v) is 9.66. The molecule has 5 nitrogen and oxygen atoms in total. The van der Waals surface area contributed by atoms with Gasteiger partial charge in [-0.25, -0.2) is 4.79 Å². The highest BCUT2D eigenvalue weighted by Gasteiger charge is 2.32. The van der Waals surface area contributed by atoms with Crippen LogP contribution in [0.5, 0.6) is 0 Å². The van der Waals surface area contributed by atoms with Crippen molar-refractivity contribution in [1.29, 1.82) is 0 Å². The van der Waals surface area contributed by atoms with Crippen LogP contribution in [0.4, 0.5) is 4.79 Å². The molecule has 1 atom stereocenters. The van der Waals surface area contributed by atoms with Crippen LogP contribution in [0.1, 0.15) is 27.7 Å². The second-order valence-electron chi connectivity index (χ2n) is 4.64. The van der Waals surface area contributed by atoms with Crippen molar-refractivity contribution in [3.63, 3.8) is 0 Å². The summed E-state index contributed by atoms with van der Waals surface area (Å²) in [7, 11) is 0. The Bertz CT molecular complexity index is 270. The number of hydrogen-bond acceptors (Lipinski definition) is 3. The Balaban J connectivity index is 2.63. The summed E-state index contributed by atoms with van der Waals surface area (Å²) in [5.41, 5.74) is -0.523. The van der Waals surface area contributed by atoms with Crippen molar-refractivity contribution in [2.45, 2.75) is 39.3 Å². The van der Waals surface area contributed by atoms with E-state index < -0.39 is 17.7 Å². The second kappa shape index (κ2) is 4.08. The average Bonchev–Trinajstić information content (AvgIpc) is 2.06. The Kier molecular flexibility index (Phi) is 3.21. The van der Waals surface area contributed by atoms with Crippen molar-refractivity contribution < 1.29 is 14.3 Å². The number of hydrogen-bond donors (Lipinski definition) is 1. The second-order valence-corrected chi connectivity index (χ2v) is 4.64. The quantitative estimate of drug-likeness (QED) is 0.647. The lowest BCUT2D eigenvalue weighted by molar-refractivity contribution is -0.128. The Labute approximate surface area is 89.8 Å². The fraction of sp³-hybridized carbons (Fsp3) is 0.800. The largest absolute Gasteiger partial charge is 0.444 e. The maximum absolute atomic E-state index is 11.7. The number of carbonyl (C=O) groups is 2. The van der Waals surface area contributed by atoms with E-state index in [9.17, 15) is 9.59 Å². The van der Waals surface area contributed by atoms with Crippen molar-refractivity contribution in [1.82, 2.24) is 10.2 Å². The molecule has 1 rings (SSSR count). The van der Waals surface area contributed by atoms with Crippen LogP contribution in [0.15, 0.2) is 0 Å². The van der Waals surface area contributed by atoms with E-state index in [0.717, 1.165) is 0 Å². The van der Waals surface area contributed by atoms with Gasteiger partial charge in [-0.05, 0) is 27.7 Å². The van der Waals surface area contributed by atoms with E-state index in [2.05, 4.69) is 5.32 Å². The van der Waals surface area contributed by atoms with Gasteiger partial charge in [0.2, 0.25) is 5.91 Å². The van der Waals surface area contributed by atoms with Crippen LogP contribution < -0.4 is 5.32 Å². The molecule has 0 bridgehead atoms. The number of amides is 2. The van der Waals surface area contributed by atoms with Gasteiger partial charge in [-0.3, -0.25) is 9.69 Å². The normalized spacial score (nSPS) is 22.3. The van der Waals surface area contributed by atoms with E-state index in [1.54, 1.807) is 27.7 Å². The highest BCUT2D eigenvalue weighted by atomic mass is 16.6. The van der Waals surface area contributed by atoms with Crippen LogP contribution in [0.25, 0.3) is 0 Å². The third-order valence-corrected chi connectivity index (χ3v) is 2.13. The van der Waals surface area contributed by atoms with Gasteiger partial charge in [0.25, 0.3) is 0 Å². The molecule has 0 saturated carbocycles. The van der Waals surface area contributed by atoms with Gasteiger partial charge >= 0.3 is 6.09 Å². The zero-order valence-electron chi connectivity index (χ0n) is 9.66. The van der Waals surface area contributed by atoms with Crippen molar-refractivity contribution in [2.75, 3.05) is 13.1 Å². The molecule has 5 heteroatoms. The Morgan fingerprint density at radius 1 is 1.53 bits per heavy atom. The van der Waals surface area contributed by atoms with Crippen molar-refractivity contribution in [2.24, 2.45) is 0 Å². The summed E-state index contributed by atoms with van der Waals surface area (Å²) >= 11 is 0. The summed E-state index contributed by atoms with van der Waals surface area (Å²) in [6, 6.07) is -0.450. The molecule has 86 valence electrons. The van der Waals surface area contributed by atoms with Gasteiger partial charge in [-0.2, -0.15) is 0 Å². The predicted molar refractivity (Wildman–Crippen MR) is 55.4 cm³/mol. The topological polar surface area (TPSA) is 58.6 Å². The first-order valence-electron chi connectivity index (χ1n) is 5.08.